The summed E-state index contributed by atoms with van der Waals surface area (Å²) in [6.45, 7) is 2.18. The molecule has 1 spiro atoms. The van der Waals surface area contributed by atoms with Crippen molar-refractivity contribution in [3.05, 3.63) is 0 Å². The molecule has 2 fully saturated rings. The molecule has 2 rings (SSSR count). The minimum absolute atomic E-state index is 0.429. The van der Waals surface area contributed by atoms with Crippen LogP contribution in [0, 0.1) is 11.3 Å². The Morgan fingerprint density at radius 1 is 1.08 bits per heavy atom. The minimum atomic E-state index is 0.429. The highest BCUT2D eigenvalue weighted by Crippen LogP contribution is 2.51. The van der Waals surface area contributed by atoms with Crippen LogP contribution in [-0.2, 0) is 0 Å². The van der Waals surface area contributed by atoms with Gasteiger partial charge in [-0.3, -0.25) is 0 Å². The number of hydrogen-bond acceptors (Lipinski definition) is 0. The lowest BCUT2D eigenvalue weighted by Gasteiger charge is -2.38. The summed E-state index contributed by atoms with van der Waals surface area (Å²) in [6.07, 6.45) is 11.7. The molecule has 2 aliphatic rings. The van der Waals surface area contributed by atoms with Crippen LogP contribution in [0.2, 0.25) is 5.82 Å². The van der Waals surface area contributed by atoms with E-state index in [1.54, 1.807) is 0 Å². The first-order valence-electron chi connectivity index (χ1n) is 5.97. The monoisotopic (exact) mass is 176 g/mol. The van der Waals surface area contributed by atoms with Gasteiger partial charge in [-0.25, -0.2) is 0 Å². The molecule has 2 aliphatic carbocycles. The van der Waals surface area contributed by atoms with Crippen LogP contribution in [0.25, 0.3) is 0 Å². The first-order valence-corrected chi connectivity index (χ1v) is 5.97. The molecule has 0 saturated heterocycles. The molecule has 1 atom stereocenters. The lowest BCUT2D eigenvalue weighted by Crippen LogP contribution is -2.25. The van der Waals surface area contributed by atoms with Crippen LogP contribution < -0.4 is 0 Å². The van der Waals surface area contributed by atoms with E-state index >= 15 is 0 Å². The highest BCUT2D eigenvalue weighted by atomic mass is 14.4. The van der Waals surface area contributed by atoms with E-state index in [4.69, 9.17) is 7.85 Å². The van der Waals surface area contributed by atoms with Crippen LogP contribution in [0.5, 0.6) is 0 Å². The van der Waals surface area contributed by atoms with Gasteiger partial charge in [0.05, 0.1) is 7.85 Å². The average Bonchev–Trinajstić information content (AvgIpc) is 2.54. The SMILES string of the molecule is [B]C(C)C1CCC2(CCCC2)CC1. The van der Waals surface area contributed by atoms with Crippen LogP contribution in [0.15, 0.2) is 0 Å². The van der Waals surface area contributed by atoms with Crippen molar-refractivity contribution in [1.29, 1.82) is 0 Å². The van der Waals surface area contributed by atoms with Crippen LogP contribution in [-0.4, -0.2) is 7.85 Å². The van der Waals surface area contributed by atoms with E-state index in [1.165, 1.54) is 51.4 Å². The van der Waals surface area contributed by atoms with E-state index in [0.29, 0.717) is 5.82 Å². The van der Waals surface area contributed by atoms with E-state index in [0.717, 1.165) is 11.3 Å². The minimum Gasteiger partial charge on any atom is -0.0774 e. The Morgan fingerprint density at radius 3 is 2.08 bits per heavy atom. The lowest BCUT2D eigenvalue weighted by atomic mass is 9.63. The Balaban J connectivity index is 1.88. The molecule has 0 aromatic rings. The summed E-state index contributed by atoms with van der Waals surface area (Å²) in [5.41, 5.74) is 0.783. The van der Waals surface area contributed by atoms with Gasteiger partial charge in [0.15, 0.2) is 0 Å². The van der Waals surface area contributed by atoms with Gasteiger partial charge in [-0.15, -0.1) is 0 Å². The topological polar surface area (TPSA) is 0 Å². The van der Waals surface area contributed by atoms with Crippen LogP contribution in [0.3, 0.4) is 0 Å². The van der Waals surface area contributed by atoms with Gasteiger partial charge in [-0.1, -0.05) is 38.4 Å². The highest BCUT2D eigenvalue weighted by Gasteiger charge is 2.37. The first kappa shape index (κ1) is 9.61. The van der Waals surface area contributed by atoms with Crippen molar-refractivity contribution in [1.82, 2.24) is 0 Å². The van der Waals surface area contributed by atoms with Crippen LogP contribution in [0.1, 0.15) is 58.3 Å². The zero-order valence-corrected chi connectivity index (χ0v) is 8.89. The number of hydrogen-bond donors (Lipinski definition) is 0. The van der Waals surface area contributed by atoms with Crippen molar-refractivity contribution in [3.8, 4) is 0 Å². The van der Waals surface area contributed by atoms with E-state index < -0.39 is 0 Å². The fourth-order valence-electron chi connectivity index (χ4n) is 3.40. The summed E-state index contributed by atoms with van der Waals surface area (Å²) >= 11 is 0. The molecule has 2 saturated carbocycles. The summed E-state index contributed by atoms with van der Waals surface area (Å²) in [5.74, 6) is 1.25. The molecule has 0 heterocycles. The van der Waals surface area contributed by atoms with Gasteiger partial charge >= 0.3 is 0 Å². The van der Waals surface area contributed by atoms with Gasteiger partial charge in [0, 0.05) is 0 Å². The standard InChI is InChI=1S/C12H21B/c1-10(13)11-4-8-12(9-5-11)6-2-3-7-12/h10-11H,2-9H2,1H3. The Labute approximate surface area is 83.9 Å². The Bertz CT molecular complexity index is 158. The maximum absolute atomic E-state index is 5.95. The van der Waals surface area contributed by atoms with Gasteiger partial charge in [0.2, 0.25) is 0 Å². The summed E-state index contributed by atoms with van der Waals surface area (Å²) < 4.78 is 0. The third-order valence-corrected chi connectivity index (χ3v) is 4.50. The van der Waals surface area contributed by atoms with Gasteiger partial charge in [-0.05, 0) is 37.0 Å². The molecule has 13 heavy (non-hydrogen) atoms. The predicted molar refractivity (Wildman–Crippen MR) is 58.0 cm³/mol. The summed E-state index contributed by atoms with van der Waals surface area (Å²) in [4.78, 5) is 0. The second-order valence-corrected chi connectivity index (χ2v) is 5.40. The van der Waals surface area contributed by atoms with Crippen molar-refractivity contribution >= 4 is 7.85 Å². The van der Waals surface area contributed by atoms with Crippen molar-refractivity contribution < 1.29 is 0 Å². The van der Waals surface area contributed by atoms with E-state index in [9.17, 15) is 0 Å². The largest absolute Gasteiger partial charge is 0.0774 e. The summed E-state index contributed by atoms with van der Waals surface area (Å²) in [7, 11) is 5.95. The first-order chi connectivity index (χ1) is 6.22. The molecule has 0 bridgehead atoms. The van der Waals surface area contributed by atoms with Crippen LogP contribution in [0.4, 0.5) is 0 Å². The molecule has 1 heteroatoms. The Kier molecular flexibility index (Phi) is 2.71. The van der Waals surface area contributed by atoms with Gasteiger partial charge in [0.25, 0.3) is 0 Å². The fraction of sp³-hybridized carbons (Fsp3) is 1.00. The Morgan fingerprint density at radius 2 is 1.62 bits per heavy atom. The molecule has 0 aromatic carbocycles. The highest BCUT2D eigenvalue weighted by molar-refractivity contribution is 6.11. The van der Waals surface area contributed by atoms with E-state index in [2.05, 4.69) is 6.92 Å². The predicted octanol–water partition coefficient (Wildman–Crippen LogP) is 3.71. The molecule has 72 valence electrons. The molecule has 0 N–H and O–H groups in total. The van der Waals surface area contributed by atoms with E-state index in [1.807, 2.05) is 0 Å². The van der Waals surface area contributed by atoms with Gasteiger partial charge in [0.1, 0.15) is 0 Å². The fourth-order valence-corrected chi connectivity index (χ4v) is 3.40. The zero-order chi connectivity index (χ0) is 9.31. The third kappa shape index (κ3) is 1.95. The Hall–Kier alpha value is 0.0649. The molecule has 0 aliphatic heterocycles. The third-order valence-electron chi connectivity index (χ3n) is 4.50. The second kappa shape index (κ2) is 3.67. The van der Waals surface area contributed by atoms with Gasteiger partial charge in [-0.2, -0.15) is 0 Å². The summed E-state index contributed by atoms with van der Waals surface area (Å²) in [6, 6.07) is 0. The smallest absolute Gasteiger partial charge is 0.0699 e. The van der Waals surface area contributed by atoms with E-state index in [-0.39, 0.29) is 0 Å². The van der Waals surface area contributed by atoms with Crippen molar-refractivity contribution in [3.63, 3.8) is 0 Å². The maximum Gasteiger partial charge on any atom is 0.0699 e. The van der Waals surface area contributed by atoms with Crippen LogP contribution >= 0.6 is 0 Å². The molecular weight excluding hydrogens is 155 g/mol. The van der Waals surface area contributed by atoms with Crippen molar-refractivity contribution in [2.24, 2.45) is 11.3 Å². The second-order valence-electron chi connectivity index (χ2n) is 5.40. The normalized spacial score (nSPS) is 30.8. The molecule has 0 aromatic heterocycles. The van der Waals surface area contributed by atoms with Crippen molar-refractivity contribution in [2.45, 2.75) is 64.1 Å². The molecule has 0 amide bonds. The maximum atomic E-state index is 5.95. The molecule has 2 radical (unpaired) electrons. The quantitative estimate of drug-likeness (QED) is 0.534. The lowest BCUT2D eigenvalue weighted by molar-refractivity contribution is 0.153. The molecule has 1 unspecified atom stereocenters. The average molecular weight is 176 g/mol. The van der Waals surface area contributed by atoms with Gasteiger partial charge < -0.3 is 0 Å². The molecule has 0 nitrogen and oxygen atoms in total. The zero-order valence-electron chi connectivity index (χ0n) is 8.89. The number of rotatable bonds is 1. The van der Waals surface area contributed by atoms with Crippen molar-refractivity contribution in [2.75, 3.05) is 0 Å². The molecular formula is C12H21B. The summed E-state index contributed by atoms with van der Waals surface area (Å²) in [5, 5.41) is 0.